The first kappa shape index (κ1) is 18.3. The molecule has 1 saturated heterocycles. The van der Waals surface area contributed by atoms with Gasteiger partial charge in [-0.2, -0.15) is 0 Å². The Kier molecular flexibility index (Phi) is 5.75. The van der Waals surface area contributed by atoms with Crippen molar-refractivity contribution in [2.75, 3.05) is 44.6 Å². The van der Waals surface area contributed by atoms with Crippen molar-refractivity contribution in [3.05, 3.63) is 60.2 Å². The number of fused-ring (bicyclic) bond motifs is 1. The van der Waals surface area contributed by atoms with E-state index in [1.165, 1.54) is 5.56 Å². The van der Waals surface area contributed by atoms with Gasteiger partial charge in [-0.25, -0.2) is 4.63 Å². The predicted molar refractivity (Wildman–Crippen MR) is 109 cm³/mol. The summed E-state index contributed by atoms with van der Waals surface area (Å²) in [6.07, 6.45) is 4.35. The molecule has 0 radical (unpaired) electrons. The molecule has 2 aromatic carbocycles. The number of nitrogens with zero attached hydrogens (tertiary/aromatic N) is 4. The van der Waals surface area contributed by atoms with Gasteiger partial charge in [0.1, 0.15) is 5.52 Å². The van der Waals surface area contributed by atoms with Crippen molar-refractivity contribution >= 4 is 28.7 Å². The first-order chi connectivity index (χ1) is 13.8. The minimum Gasteiger partial charge on any atom is -0.323 e. The number of rotatable bonds is 6. The Morgan fingerprint density at radius 2 is 1.79 bits per heavy atom. The second kappa shape index (κ2) is 8.77. The summed E-state index contributed by atoms with van der Waals surface area (Å²) in [5.41, 5.74) is 3.06. The lowest BCUT2D eigenvalue weighted by Gasteiger charge is -2.33. The lowest BCUT2D eigenvalue weighted by atomic mass is 10.2. The summed E-state index contributed by atoms with van der Waals surface area (Å²) in [4.78, 5) is 17.0. The molecule has 1 fully saturated rings. The molecule has 1 amide bonds. The molecule has 1 aromatic heterocycles. The van der Waals surface area contributed by atoms with Crippen LogP contribution in [0.4, 0.5) is 5.69 Å². The van der Waals surface area contributed by atoms with Crippen molar-refractivity contribution in [2.24, 2.45) is 0 Å². The van der Waals surface area contributed by atoms with Gasteiger partial charge in [-0.3, -0.25) is 14.6 Å². The second-order valence-corrected chi connectivity index (χ2v) is 6.88. The highest BCUT2D eigenvalue weighted by Gasteiger charge is 2.19. The molecule has 4 rings (SSSR count). The quantitative estimate of drug-likeness (QED) is 0.711. The van der Waals surface area contributed by atoms with E-state index in [1.54, 1.807) is 12.1 Å². The Morgan fingerprint density at radius 1 is 1.00 bits per heavy atom. The third-order valence-corrected chi connectivity index (χ3v) is 4.87. The minimum atomic E-state index is -0.0482. The highest BCUT2D eigenvalue weighted by molar-refractivity contribution is 5.99. The van der Waals surface area contributed by atoms with Gasteiger partial charge in [0.25, 0.3) is 0 Å². The first-order valence-corrected chi connectivity index (χ1v) is 9.45. The fraction of sp³-hybridized carbons (Fsp3) is 0.286. The standard InChI is InChI=1S/C21H23N5O2/c27-20(22-18-9-4-10-19-21(18)24-28-23-19)16-26-14-12-25(13-15-26)11-5-8-17-6-2-1-3-7-17/h1-10H,11-16H2,(H,22,27). The van der Waals surface area contributed by atoms with Crippen LogP contribution < -0.4 is 5.32 Å². The zero-order valence-electron chi connectivity index (χ0n) is 15.6. The summed E-state index contributed by atoms with van der Waals surface area (Å²) in [7, 11) is 0. The molecule has 0 saturated carbocycles. The summed E-state index contributed by atoms with van der Waals surface area (Å²) in [5, 5.41) is 10.6. The number of anilines is 1. The molecule has 0 bridgehead atoms. The second-order valence-electron chi connectivity index (χ2n) is 6.88. The number of amides is 1. The Balaban J connectivity index is 1.22. The van der Waals surface area contributed by atoms with Crippen LogP contribution in [0.2, 0.25) is 0 Å². The summed E-state index contributed by atoms with van der Waals surface area (Å²) in [6, 6.07) is 15.7. The lowest BCUT2D eigenvalue weighted by Crippen LogP contribution is -2.48. The summed E-state index contributed by atoms with van der Waals surface area (Å²) >= 11 is 0. The molecule has 144 valence electrons. The van der Waals surface area contributed by atoms with E-state index in [-0.39, 0.29) is 5.91 Å². The predicted octanol–water partition coefficient (Wildman–Crippen LogP) is 2.49. The average molecular weight is 377 g/mol. The monoisotopic (exact) mass is 377 g/mol. The van der Waals surface area contributed by atoms with E-state index in [0.717, 1.165) is 32.7 Å². The normalized spacial score (nSPS) is 16.0. The van der Waals surface area contributed by atoms with Gasteiger partial charge in [-0.1, -0.05) is 48.6 Å². The number of hydrogen-bond acceptors (Lipinski definition) is 6. The van der Waals surface area contributed by atoms with Gasteiger partial charge >= 0.3 is 0 Å². The summed E-state index contributed by atoms with van der Waals surface area (Å²) in [6.45, 7) is 4.96. The van der Waals surface area contributed by atoms with Crippen LogP contribution in [0.3, 0.4) is 0 Å². The molecular formula is C21H23N5O2. The van der Waals surface area contributed by atoms with Gasteiger partial charge in [0.15, 0.2) is 5.52 Å². The van der Waals surface area contributed by atoms with Crippen molar-refractivity contribution in [3.63, 3.8) is 0 Å². The summed E-state index contributed by atoms with van der Waals surface area (Å²) in [5.74, 6) is -0.0482. The fourth-order valence-electron chi connectivity index (χ4n) is 3.33. The van der Waals surface area contributed by atoms with E-state index in [1.807, 2.05) is 24.3 Å². The van der Waals surface area contributed by atoms with Gasteiger partial charge in [0.05, 0.1) is 12.2 Å². The maximum absolute atomic E-state index is 12.4. The van der Waals surface area contributed by atoms with E-state index in [2.05, 4.69) is 49.7 Å². The van der Waals surface area contributed by atoms with Crippen LogP contribution in [0.25, 0.3) is 17.1 Å². The zero-order valence-corrected chi connectivity index (χ0v) is 15.6. The van der Waals surface area contributed by atoms with E-state index in [0.29, 0.717) is 23.3 Å². The van der Waals surface area contributed by atoms with Crippen molar-refractivity contribution < 1.29 is 9.42 Å². The number of carbonyl (C=O) groups is 1. The highest BCUT2D eigenvalue weighted by atomic mass is 16.6. The zero-order chi connectivity index (χ0) is 19.2. The van der Waals surface area contributed by atoms with Crippen LogP contribution in [0, 0.1) is 0 Å². The molecule has 0 spiro atoms. The Labute approximate surface area is 163 Å². The highest BCUT2D eigenvalue weighted by Crippen LogP contribution is 2.19. The number of aromatic nitrogens is 2. The molecule has 2 heterocycles. The molecule has 0 aliphatic carbocycles. The number of nitrogens with one attached hydrogen (secondary N) is 1. The van der Waals surface area contributed by atoms with Crippen LogP contribution in [0.5, 0.6) is 0 Å². The van der Waals surface area contributed by atoms with E-state index < -0.39 is 0 Å². The van der Waals surface area contributed by atoms with E-state index in [4.69, 9.17) is 4.63 Å². The maximum Gasteiger partial charge on any atom is 0.238 e. The Bertz CT molecular complexity index is 946. The largest absolute Gasteiger partial charge is 0.323 e. The van der Waals surface area contributed by atoms with Crippen LogP contribution in [-0.4, -0.2) is 65.3 Å². The molecule has 0 atom stereocenters. The molecule has 28 heavy (non-hydrogen) atoms. The molecular weight excluding hydrogens is 354 g/mol. The molecule has 7 nitrogen and oxygen atoms in total. The first-order valence-electron chi connectivity index (χ1n) is 9.45. The maximum atomic E-state index is 12.4. The van der Waals surface area contributed by atoms with Gasteiger partial charge in [0, 0.05) is 32.7 Å². The van der Waals surface area contributed by atoms with Crippen LogP contribution >= 0.6 is 0 Å². The number of piperazine rings is 1. The van der Waals surface area contributed by atoms with Crippen molar-refractivity contribution in [1.82, 2.24) is 20.1 Å². The topological polar surface area (TPSA) is 74.5 Å². The van der Waals surface area contributed by atoms with Gasteiger partial charge in [0.2, 0.25) is 5.91 Å². The van der Waals surface area contributed by atoms with Gasteiger partial charge < -0.3 is 5.32 Å². The van der Waals surface area contributed by atoms with Crippen molar-refractivity contribution in [3.8, 4) is 0 Å². The van der Waals surface area contributed by atoms with Crippen LogP contribution in [0.1, 0.15) is 5.56 Å². The van der Waals surface area contributed by atoms with Crippen LogP contribution in [-0.2, 0) is 4.79 Å². The number of hydrogen-bond donors (Lipinski definition) is 1. The van der Waals surface area contributed by atoms with Crippen LogP contribution in [0.15, 0.2) is 59.2 Å². The van der Waals surface area contributed by atoms with E-state index in [9.17, 15) is 4.79 Å². The average Bonchev–Trinajstić information content (AvgIpc) is 3.20. The van der Waals surface area contributed by atoms with Gasteiger partial charge in [-0.05, 0) is 28.0 Å². The summed E-state index contributed by atoms with van der Waals surface area (Å²) < 4.78 is 4.74. The third-order valence-electron chi connectivity index (χ3n) is 4.87. The SMILES string of the molecule is O=C(CN1CCN(CC=Cc2ccccc2)CC1)Nc1cccc2nonc12. The Morgan fingerprint density at radius 3 is 2.61 bits per heavy atom. The molecule has 1 aliphatic rings. The molecule has 1 aliphatic heterocycles. The van der Waals surface area contributed by atoms with E-state index >= 15 is 0 Å². The van der Waals surface area contributed by atoms with Crippen molar-refractivity contribution in [1.29, 1.82) is 0 Å². The lowest BCUT2D eigenvalue weighted by molar-refractivity contribution is -0.117. The molecule has 7 heteroatoms. The molecule has 0 unspecified atom stereocenters. The Hall–Kier alpha value is -3.03. The van der Waals surface area contributed by atoms with Crippen molar-refractivity contribution in [2.45, 2.75) is 0 Å². The minimum absolute atomic E-state index is 0.0482. The number of carbonyl (C=O) groups excluding carboxylic acids is 1. The third kappa shape index (κ3) is 4.62. The molecule has 1 N–H and O–H groups in total. The van der Waals surface area contributed by atoms with Gasteiger partial charge in [-0.15, -0.1) is 0 Å². The number of benzene rings is 2. The fourth-order valence-corrected chi connectivity index (χ4v) is 3.33. The smallest absolute Gasteiger partial charge is 0.238 e. The molecule has 3 aromatic rings.